The highest BCUT2D eigenvalue weighted by atomic mass is 16.5. The molecule has 0 aliphatic rings. The first-order valence-electron chi connectivity index (χ1n) is 7.62. The highest BCUT2D eigenvalue weighted by Crippen LogP contribution is 2.31. The summed E-state index contributed by atoms with van der Waals surface area (Å²) in [6.07, 6.45) is 0.913. The summed E-state index contributed by atoms with van der Waals surface area (Å²) in [7, 11) is 0. The second kappa shape index (κ2) is 10.5. The zero-order chi connectivity index (χ0) is 18.8. The molecule has 0 bridgehead atoms. The third kappa shape index (κ3) is 7.30. The van der Waals surface area contributed by atoms with Crippen molar-refractivity contribution in [2.45, 2.75) is 46.5 Å². The van der Waals surface area contributed by atoms with Crippen molar-refractivity contribution in [2.75, 3.05) is 13.2 Å². The molecule has 0 aromatic heterocycles. The first-order chi connectivity index (χ1) is 11.2. The zero-order valence-electron chi connectivity index (χ0n) is 14.4. The number of rotatable bonds is 12. The average Bonchev–Trinajstić information content (AvgIpc) is 2.49. The summed E-state index contributed by atoms with van der Waals surface area (Å²) in [5.41, 5.74) is -1.47. The van der Waals surface area contributed by atoms with E-state index in [4.69, 9.17) is 9.47 Å². The van der Waals surface area contributed by atoms with Crippen LogP contribution < -0.4 is 0 Å². The van der Waals surface area contributed by atoms with Gasteiger partial charge >= 0.3 is 11.9 Å². The minimum Gasteiger partial charge on any atom is -0.466 e. The average molecular weight is 340 g/mol. The Morgan fingerprint density at radius 1 is 0.958 bits per heavy atom. The molecule has 134 valence electrons. The molecular formula is C17H24O7. The molecule has 0 amide bonds. The van der Waals surface area contributed by atoms with E-state index in [2.05, 4.69) is 6.58 Å². The Morgan fingerprint density at radius 3 is 1.96 bits per heavy atom. The molecule has 0 spiro atoms. The summed E-state index contributed by atoms with van der Waals surface area (Å²) in [4.78, 5) is 57.6. The third-order valence-corrected chi connectivity index (χ3v) is 3.62. The van der Waals surface area contributed by atoms with Crippen LogP contribution in [0.25, 0.3) is 0 Å². The van der Waals surface area contributed by atoms with Gasteiger partial charge in [0.25, 0.3) is 0 Å². The second-order valence-corrected chi connectivity index (χ2v) is 5.52. The Kier molecular flexibility index (Phi) is 9.45. The molecule has 0 aromatic carbocycles. The van der Waals surface area contributed by atoms with Crippen LogP contribution in [0, 0.1) is 5.41 Å². The van der Waals surface area contributed by atoms with Gasteiger partial charge in [0.2, 0.25) is 0 Å². The van der Waals surface area contributed by atoms with Crippen LogP contribution in [0.2, 0.25) is 0 Å². The molecule has 0 aliphatic carbocycles. The summed E-state index contributed by atoms with van der Waals surface area (Å²) < 4.78 is 9.67. The Balaban J connectivity index is 4.44. The van der Waals surface area contributed by atoms with Crippen LogP contribution in [0.5, 0.6) is 0 Å². The maximum atomic E-state index is 11.9. The number of carbonyl (C=O) groups is 5. The zero-order valence-corrected chi connectivity index (χ0v) is 14.4. The number of ketones is 3. The van der Waals surface area contributed by atoms with E-state index in [-0.39, 0.29) is 38.3 Å². The first-order valence-corrected chi connectivity index (χ1v) is 7.62. The van der Waals surface area contributed by atoms with E-state index in [0.717, 1.165) is 6.08 Å². The molecule has 0 rings (SSSR count). The third-order valence-electron chi connectivity index (χ3n) is 3.62. The number of carbonyl (C=O) groups excluding carboxylic acids is 5. The normalized spacial score (nSPS) is 10.6. The van der Waals surface area contributed by atoms with E-state index in [0.29, 0.717) is 6.42 Å². The molecule has 0 saturated heterocycles. The van der Waals surface area contributed by atoms with Crippen molar-refractivity contribution in [2.24, 2.45) is 5.41 Å². The highest BCUT2D eigenvalue weighted by Gasteiger charge is 2.41. The smallest absolute Gasteiger partial charge is 0.330 e. The Morgan fingerprint density at radius 2 is 1.50 bits per heavy atom. The minimum absolute atomic E-state index is 0.0447. The summed E-state index contributed by atoms with van der Waals surface area (Å²) in [5, 5.41) is 0. The predicted molar refractivity (Wildman–Crippen MR) is 85.1 cm³/mol. The summed E-state index contributed by atoms with van der Waals surface area (Å²) in [5.74, 6) is -2.31. The summed E-state index contributed by atoms with van der Waals surface area (Å²) in [6, 6.07) is 0. The largest absolute Gasteiger partial charge is 0.466 e. The molecule has 0 heterocycles. The maximum absolute atomic E-state index is 11.9. The molecule has 0 unspecified atom stereocenters. The van der Waals surface area contributed by atoms with Gasteiger partial charge in [-0.05, 0) is 27.2 Å². The summed E-state index contributed by atoms with van der Waals surface area (Å²) >= 11 is 0. The van der Waals surface area contributed by atoms with Crippen molar-refractivity contribution in [3.8, 4) is 0 Å². The fraction of sp³-hybridized carbons (Fsp3) is 0.588. The van der Waals surface area contributed by atoms with Crippen molar-refractivity contribution in [1.82, 2.24) is 0 Å². The lowest BCUT2D eigenvalue weighted by Crippen LogP contribution is -2.39. The topological polar surface area (TPSA) is 104 Å². The van der Waals surface area contributed by atoms with Gasteiger partial charge in [0.05, 0.1) is 18.6 Å². The fourth-order valence-electron chi connectivity index (χ4n) is 2.23. The summed E-state index contributed by atoms with van der Waals surface area (Å²) in [6.45, 7) is 7.15. The number of hydrogen-bond acceptors (Lipinski definition) is 7. The molecule has 24 heavy (non-hydrogen) atoms. The molecule has 0 N–H and O–H groups in total. The van der Waals surface area contributed by atoms with Crippen molar-refractivity contribution in [3.05, 3.63) is 12.7 Å². The Labute approximate surface area is 141 Å². The first kappa shape index (κ1) is 21.7. The number of esters is 2. The predicted octanol–water partition coefficient (Wildman–Crippen LogP) is 1.57. The van der Waals surface area contributed by atoms with Crippen molar-refractivity contribution in [3.63, 3.8) is 0 Å². The van der Waals surface area contributed by atoms with Gasteiger partial charge < -0.3 is 9.47 Å². The van der Waals surface area contributed by atoms with Crippen molar-refractivity contribution >= 4 is 29.3 Å². The van der Waals surface area contributed by atoms with Gasteiger partial charge in [-0.3, -0.25) is 19.2 Å². The molecule has 0 aromatic rings. The lowest BCUT2D eigenvalue weighted by Gasteiger charge is -2.27. The molecule has 0 aliphatic heterocycles. The standard InChI is InChI=1S/C17H24O7/c1-5-15(21)23-9-6-10-24-16(22)7-8-17(13(3)19,14(4)20)11-12(2)18/h5H,1,6-11H2,2-4H3. The van der Waals surface area contributed by atoms with E-state index in [1.807, 2.05) is 0 Å². The molecule has 0 radical (unpaired) electrons. The highest BCUT2D eigenvalue weighted by molar-refractivity contribution is 6.08. The van der Waals surface area contributed by atoms with Crippen LogP contribution in [0.3, 0.4) is 0 Å². The maximum Gasteiger partial charge on any atom is 0.330 e. The van der Waals surface area contributed by atoms with Gasteiger partial charge in [-0.1, -0.05) is 6.58 Å². The lowest BCUT2D eigenvalue weighted by atomic mass is 9.72. The molecule has 7 heteroatoms. The molecule has 0 atom stereocenters. The van der Waals surface area contributed by atoms with Gasteiger partial charge in [0.1, 0.15) is 17.3 Å². The van der Waals surface area contributed by atoms with E-state index in [1.54, 1.807) is 0 Å². The van der Waals surface area contributed by atoms with Crippen LogP contribution in [-0.2, 0) is 33.4 Å². The van der Waals surface area contributed by atoms with Crippen LogP contribution in [0.4, 0.5) is 0 Å². The van der Waals surface area contributed by atoms with Crippen LogP contribution in [0.1, 0.15) is 46.5 Å². The monoisotopic (exact) mass is 340 g/mol. The van der Waals surface area contributed by atoms with Gasteiger partial charge in [0.15, 0.2) is 0 Å². The fourth-order valence-corrected chi connectivity index (χ4v) is 2.23. The van der Waals surface area contributed by atoms with Crippen molar-refractivity contribution in [1.29, 1.82) is 0 Å². The molecular weight excluding hydrogens is 316 g/mol. The number of Topliss-reactive ketones (excluding diaryl/α,β-unsaturated/α-hetero) is 3. The number of ether oxygens (including phenoxy) is 2. The van der Waals surface area contributed by atoms with E-state index in [9.17, 15) is 24.0 Å². The van der Waals surface area contributed by atoms with Gasteiger partial charge in [-0.15, -0.1) is 0 Å². The minimum atomic E-state index is -1.47. The van der Waals surface area contributed by atoms with Crippen LogP contribution >= 0.6 is 0 Å². The lowest BCUT2D eigenvalue weighted by molar-refractivity contribution is -0.147. The van der Waals surface area contributed by atoms with E-state index < -0.39 is 28.9 Å². The molecule has 7 nitrogen and oxygen atoms in total. The van der Waals surface area contributed by atoms with Gasteiger partial charge in [-0.25, -0.2) is 4.79 Å². The van der Waals surface area contributed by atoms with E-state index in [1.165, 1.54) is 20.8 Å². The van der Waals surface area contributed by atoms with Gasteiger partial charge in [0, 0.05) is 25.3 Å². The quantitative estimate of drug-likeness (QED) is 0.230. The molecule has 0 fully saturated rings. The van der Waals surface area contributed by atoms with Crippen LogP contribution in [0.15, 0.2) is 12.7 Å². The molecule has 0 saturated carbocycles. The van der Waals surface area contributed by atoms with E-state index >= 15 is 0 Å². The Hall–Kier alpha value is -2.31. The van der Waals surface area contributed by atoms with Gasteiger partial charge in [-0.2, -0.15) is 0 Å². The number of hydrogen-bond donors (Lipinski definition) is 0. The second-order valence-electron chi connectivity index (χ2n) is 5.52. The SMILES string of the molecule is C=CC(=O)OCCCOC(=O)CCC(CC(C)=O)(C(C)=O)C(C)=O. The van der Waals surface area contributed by atoms with Crippen LogP contribution in [-0.4, -0.2) is 42.5 Å². The Bertz CT molecular complexity index is 505. The van der Waals surface area contributed by atoms with Crippen molar-refractivity contribution < 1.29 is 33.4 Å².